The van der Waals surface area contributed by atoms with Gasteiger partial charge in [0.05, 0.1) is 30.2 Å². The molecule has 2 heterocycles. The molecule has 3 N–H and O–H groups in total. The largest absolute Gasteiger partial charge is 0.394 e. The van der Waals surface area contributed by atoms with Crippen LogP contribution in [0, 0.1) is 0 Å². The summed E-state index contributed by atoms with van der Waals surface area (Å²) in [6, 6.07) is 3.73. The molecule has 1 aliphatic heterocycles. The molecule has 2 rings (SSSR count). The number of hydrogen-bond donors (Lipinski definition) is 2. The molecule has 1 aliphatic rings. The molecular weight excluding hydrogens is 218 g/mol. The monoisotopic (exact) mass is 237 g/mol. The third kappa shape index (κ3) is 2.87. The maximum absolute atomic E-state index is 9.24. The van der Waals surface area contributed by atoms with Crippen molar-refractivity contribution in [3.05, 3.63) is 18.3 Å². The Labute approximate surface area is 101 Å². The molecular formula is C12H19N3O2. The van der Waals surface area contributed by atoms with Crippen LogP contribution in [0.1, 0.15) is 13.8 Å². The molecule has 0 aromatic carbocycles. The average Bonchev–Trinajstić information content (AvgIpc) is 2.27. The Bertz CT molecular complexity index is 378. The van der Waals surface area contributed by atoms with Crippen LogP contribution in [0.25, 0.3) is 0 Å². The second-order valence-electron chi connectivity index (χ2n) is 5.00. The second kappa shape index (κ2) is 4.50. The first-order valence-corrected chi connectivity index (χ1v) is 5.75. The number of pyridine rings is 1. The van der Waals surface area contributed by atoms with Crippen molar-refractivity contribution >= 4 is 11.5 Å². The van der Waals surface area contributed by atoms with Gasteiger partial charge in [0, 0.05) is 13.1 Å². The normalized spacial score (nSPS) is 23.7. The molecule has 0 amide bonds. The summed E-state index contributed by atoms with van der Waals surface area (Å²) >= 11 is 0. The number of aliphatic hydroxyl groups excluding tert-OH is 1. The van der Waals surface area contributed by atoms with Crippen molar-refractivity contribution in [1.29, 1.82) is 0 Å². The summed E-state index contributed by atoms with van der Waals surface area (Å²) in [6.07, 6.45) is 1.60. The molecule has 0 saturated carbocycles. The summed E-state index contributed by atoms with van der Waals surface area (Å²) in [6.45, 7) is 5.52. The third-order valence-corrected chi connectivity index (χ3v) is 2.82. The number of anilines is 2. The number of nitrogens with two attached hydrogens (primary N) is 1. The van der Waals surface area contributed by atoms with Crippen LogP contribution in [0.5, 0.6) is 0 Å². The van der Waals surface area contributed by atoms with Crippen LogP contribution < -0.4 is 10.6 Å². The van der Waals surface area contributed by atoms with E-state index in [-0.39, 0.29) is 18.3 Å². The molecule has 0 aliphatic carbocycles. The minimum Gasteiger partial charge on any atom is -0.394 e. The lowest BCUT2D eigenvalue weighted by atomic mass is 10.0. The van der Waals surface area contributed by atoms with Gasteiger partial charge in [0.2, 0.25) is 0 Å². The Morgan fingerprint density at radius 3 is 2.94 bits per heavy atom. The first-order valence-electron chi connectivity index (χ1n) is 5.75. The summed E-state index contributed by atoms with van der Waals surface area (Å²) in [7, 11) is 0. The number of aliphatic hydroxyl groups is 1. The molecule has 0 spiro atoms. The number of nitrogens with zero attached hydrogens (tertiary/aromatic N) is 2. The first-order chi connectivity index (χ1) is 8.00. The Morgan fingerprint density at radius 2 is 2.35 bits per heavy atom. The molecule has 94 valence electrons. The molecule has 1 saturated heterocycles. The maximum Gasteiger partial charge on any atom is 0.123 e. The summed E-state index contributed by atoms with van der Waals surface area (Å²) in [5.41, 5.74) is 6.31. The number of ether oxygens (including phenoxy) is 1. The van der Waals surface area contributed by atoms with Crippen molar-refractivity contribution in [2.75, 3.05) is 30.3 Å². The number of morpholine rings is 1. The van der Waals surface area contributed by atoms with E-state index in [9.17, 15) is 5.11 Å². The van der Waals surface area contributed by atoms with E-state index >= 15 is 0 Å². The first kappa shape index (κ1) is 12.1. The smallest absolute Gasteiger partial charge is 0.123 e. The molecule has 1 atom stereocenters. The van der Waals surface area contributed by atoms with E-state index in [1.807, 2.05) is 19.9 Å². The zero-order valence-corrected chi connectivity index (χ0v) is 10.3. The zero-order chi connectivity index (χ0) is 12.5. The van der Waals surface area contributed by atoms with Gasteiger partial charge in [0.25, 0.3) is 0 Å². The van der Waals surface area contributed by atoms with Crippen molar-refractivity contribution in [3.8, 4) is 0 Å². The number of rotatable bonds is 2. The van der Waals surface area contributed by atoms with E-state index in [0.717, 1.165) is 12.2 Å². The second-order valence-corrected chi connectivity index (χ2v) is 5.00. The van der Waals surface area contributed by atoms with Crippen LogP contribution >= 0.6 is 0 Å². The Kier molecular flexibility index (Phi) is 3.22. The summed E-state index contributed by atoms with van der Waals surface area (Å²) < 4.78 is 5.76. The quantitative estimate of drug-likeness (QED) is 0.790. The fourth-order valence-electron chi connectivity index (χ4n) is 2.17. The van der Waals surface area contributed by atoms with Crippen LogP contribution in [0.2, 0.25) is 0 Å². The predicted octanol–water partition coefficient (Wildman–Crippen LogP) is 0.640. The molecule has 1 aromatic rings. The molecule has 5 heteroatoms. The highest BCUT2D eigenvalue weighted by Crippen LogP contribution is 2.25. The Balaban J connectivity index is 2.17. The summed E-state index contributed by atoms with van der Waals surface area (Å²) in [5.74, 6) is 0.514. The molecule has 0 bridgehead atoms. The number of aromatic nitrogens is 1. The van der Waals surface area contributed by atoms with Crippen LogP contribution in [-0.2, 0) is 4.74 Å². The van der Waals surface area contributed by atoms with E-state index < -0.39 is 0 Å². The summed E-state index contributed by atoms with van der Waals surface area (Å²) in [4.78, 5) is 6.25. The highest BCUT2D eigenvalue weighted by atomic mass is 16.5. The van der Waals surface area contributed by atoms with Crippen molar-refractivity contribution in [2.45, 2.75) is 25.6 Å². The van der Waals surface area contributed by atoms with Crippen molar-refractivity contribution in [2.24, 2.45) is 0 Å². The minimum absolute atomic E-state index is 0.0301. The van der Waals surface area contributed by atoms with E-state index in [0.29, 0.717) is 12.4 Å². The number of hydrogen-bond acceptors (Lipinski definition) is 5. The highest BCUT2D eigenvalue weighted by molar-refractivity contribution is 5.48. The van der Waals surface area contributed by atoms with E-state index in [4.69, 9.17) is 10.5 Å². The zero-order valence-electron chi connectivity index (χ0n) is 10.3. The minimum atomic E-state index is -0.271. The topological polar surface area (TPSA) is 71.6 Å². The van der Waals surface area contributed by atoms with Gasteiger partial charge < -0.3 is 20.5 Å². The molecule has 1 aromatic heterocycles. The van der Waals surface area contributed by atoms with Crippen molar-refractivity contribution in [1.82, 2.24) is 4.98 Å². The molecule has 1 unspecified atom stereocenters. The highest BCUT2D eigenvalue weighted by Gasteiger charge is 2.33. The summed E-state index contributed by atoms with van der Waals surface area (Å²) in [5, 5.41) is 9.24. The fourth-order valence-corrected chi connectivity index (χ4v) is 2.17. The molecule has 1 fully saturated rings. The van der Waals surface area contributed by atoms with E-state index in [2.05, 4.69) is 9.88 Å². The Morgan fingerprint density at radius 1 is 1.59 bits per heavy atom. The van der Waals surface area contributed by atoms with Crippen LogP contribution in [0.3, 0.4) is 0 Å². The lowest BCUT2D eigenvalue weighted by Gasteiger charge is -2.43. The van der Waals surface area contributed by atoms with Crippen LogP contribution in [-0.4, -0.2) is 41.5 Å². The Hall–Kier alpha value is -1.33. The lowest BCUT2D eigenvalue weighted by Crippen LogP contribution is -2.54. The predicted molar refractivity (Wildman–Crippen MR) is 66.9 cm³/mol. The van der Waals surface area contributed by atoms with Gasteiger partial charge in [-0.1, -0.05) is 0 Å². The van der Waals surface area contributed by atoms with Crippen molar-refractivity contribution < 1.29 is 9.84 Å². The van der Waals surface area contributed by atoms with Gasteiger partial charge in [0.15, 0.2) is 0 Å². The SMILES string of the molecule is CC1(C)CN(c2ccc(N)nc2)CC(CO)O1. The van der Waals surface area contributed by atoms with Gasteiger partial charge >= 0.3 is 0 Å². The fraction of sp³-hybridized carbons (Fsp3) is 0.583. The third-order valence-electron chi connectivity index (χ3n) is 2.82. The molecule has 17 heavy (non-hydrogen) atoms. The van der Waals surface area contributed by atoms with Gasteiger partial charge in [-0.2, -0.15) is 0 Å². The van der Waals surface area contributed by atoms with Crippen LogP contribution in [0.4, 0.5) is 11.5 Å². The van der Waals surface area contributed by atoms with Gasteiger partial charge in [-0.05, 0) is 26.0 Å². The van der Waals surface area contributed by atoms with Gasteiger partial charge in [-0.25, -0.2) is 4.98 Å². The average molecular weight is 237 g/mol. The standard InChI is InChI=1S/C12H19N3O2/c1-12(2)8-15(6-10(7-16)17-12)9-3-4-11(13)14-5-9/h3-5,10,16H,6-8H2,1-2H3,(H2,13,14). The van der Waals surface area contributed by atoms with Gasteiger partial charge in [0.1, 0.15) is 5.82 Å². The van der Waals surface area contributed by atoms with E-state index in [1.54, 1.807) is 12.3 Å². The molecule has 0 radical (unpaired) electrons. The van der Waals surface area contributed by atoms with Gasteiger partial charge in [-0.3, -0.25) is 0 Å². The van der Waals surface area contributed by atoms with E-state index in [1.165, 1.54) is 0 Å². The maximum atomic E-state index is 9.24. The van der Waals surface area contributed by atoms with Gasteiger partial charge in [-0.15, -0.1) is 0 Å². The van der Waals surface area contributed by atoms with Crippen LogP contribution in [0.15, 0.2) is 18.3 Å². The van der Waals surface area contributed by atoms with Crippen molar-refractivity contribution in [3.63, 3.8) is 0 Å². The lowest BCUT2D eigenvalue weighted by molar-refractivity contribution is -0.101. The molecule has 5 nitrogen and oxygen atoms in total. The number of nitrogen functional groups attached to an aromatic ring is 1.